The predicted molar refractivity (Wildman–Crippen MR) is 78.0 cm³/mol. The summed E-state index contributed by atoms with van der Waals surface area (Å²) in [6, 6.07) is 3.95. The van der Waals surface area contributed by atoms with Crippen molar-refractivity contribution in [2.24, 2.45) is 11.7 Å². The van der Waals surface area contributed by atoms with Crippen molar-refractivity contribution in [2.45, 2.75) is 43.6 Å². The van der Waals surface area contributed by atoms with E-state index in [1.54, 1.807) is 6.20 Å². The van der Waals surface area contributed by atoms with E-state index in [9.17, 15) is 0 Å². The maximum Gasteiger partial charge on any atom is 0.141 e. The van der Waals surface area contributed by atoms with Gasteiger partial charge in [-0.2, -0.15) is 11.8 Å². The molecule has 1 saturated carbocycles. The van der Waals surface area contributed by atoms with Gasteiger partial charge in [0.25, 0.3) is 0 Å². The van der Waals surface area contributed by atoms with Gasteiger partial charge in [-0.15, -0.1) is 0 Å². The van der Waals surface area contributed by atoms with E-state index in [2.05, 4.69) is 11.9 Å². The Kier molecular flexibility index (Phi) is 4.64. The lowest BCUT2D eigenvalue weighted by Gasteiger charge is -2.26. The molecule has 0 bridgehead atoms. The Hall–Kier alpha value is -1.03. The zero-order valence-electron chi connectivity index (χ0n) is 10.9. The van der Waals surface area contributed by atoms with Crippen molar-refractivity contribution in [1.29, 1.82) is 5.41 Å². The fourth-order valence-corrected chi connectivity index (χ4v) is 3.86. The van der Waals surface area contributed by atoms with E-state index in [1.807, 2.05) is 23.9 Å². The summed E-state index contributed by atoms with van der Waals surface area (Å²) < 4.78 is 0. The number of hydrogen-bond donors (Lipinski definition) is 2. The second kappa shape index (κ2) is 6.23. The van der Waals surface area contributed by atoms with E-state index in [-0.39, 0.29) is 5.84 Å². The van der Waals surface area contributed by atoms with Gasteiger partial charge in [0.1, 0.15) is 11.5 Å². The van der Waals surface area contributed by atoms with Crippen LogP contribution in [-0.4, -0.2) is 16.1 Å². The summed E-state index contributed by atoms with van der Waals surface area (Å²) in [6.45, 7) is 2.35. The molecule has 4 heteroatoms. The summed E-state index contributed by atoms with van der Waals surface area (Å²) in [6.07, 6.45) is 7.19. The van der Waals surface area contributed by atoms with Gasteiger partial charge in [-0.3, -0.25) is 10.4 Å². The lowest BCUT2D eigenvalue weighted by atomic mass is 9.91. The normalized spacial score (nSPS) is 23.8. The van der Waals surface area contributed by atoms with Crippen LogP contribution in [-0.2, 0) is 5.75 Å². The van der Waals surface area contributed by atoms with Crippen molar-refractivity contribution in [3.8, 4) is 0 Å². The van der Waals surface area contributed by atoms with Crippen molar-refractivity contribution in [2.75, 3.05) is 0 Å². The highest BCUT2D eigenvalue weighted by Gasteiger charge is 2.19. The molecular formula is C14H21N3S. The van der Waals surface area contributed by atoms with Crippen LogP contribution in [0.4, 0.5) is 0 Å². The van der Waals surface area contributed by atoms with E-state index in [0.717, 1.165) is 16.9 Å². The van der Waals surface area contributed by atoms with Crippen molar-refractivity contribution in [1.82, 2.24) is 4.98 Å². The van der Waals surface area contributed by atoms with Gasteiger partial charge >= 0.3 is 0 Å². The van der Waals surface area contributed by atoms with Crippen LogP contribution in [0.2, 0.25) is 0 Å². The molecule has 2 unspecified atom stereocenters. The Morgan fingerprint density at radius 2 is 2.39 bits per heavy atom. The highest BCUT2D eigenvalue weighted by atomic mass is 32.2. The molecular weight excluding hydrogens is 242 g/mol. The molecule has 1 aromatic heterocycles. The first kappa shape index (κ1) is 13.4. The van der Waals surface area contributed by atoms with Gasteiger partial charge in [-0.05, 0) is 36.5 Å². The minimum absolute atomic E-state index is 0.0492. The summed E-state index contributed by atoms with van der Waals surface area (Å²) >= 11 is 2.04. The predicted octanol–water partition coefficient (Wildman–Crippen LogP) is 3.18. The SMILES string of the molecule is CC1CCCC(SCc2ccnc(C(=N)N)c2)C1. The highest BCUT2D eigenvalue weighted by Crippen LogP contribution is 2.33. The number of nitrogens with two attached hydrogens (primary N) is 1. The number of nitrogens with one attached hydrogen (secondary N) is 1. The number of pyridine rings is 1. The molecule has 98 valence electrons. The van der Waals surface area contributed by atoms with Crippen molar-refractivity contribution >= 4 is 17.6 Å². The van der Waals surface area contributed by atoms with Gasteiger partial charge in [0, 0.05) is 17.2 Å². The second-order valence-electron chi connectivity index (χ2n) is 5.17. The molecule has 0 amide bonds. The Morgan fingerprint density at radius 3 is 3.11 bits per heavy atom. The number of amidine groups is 1. The van der Waals surface area contributed by atoms with Gasteiger partial charge in [0.2, 0.25) is 0 Å². The first-order valence-electron chi connectivity index (χ1n) is 6.56. The summed E-state index contributed by atoms with van der Waals surface area (Å²) in [5.41, 5.74) is 7.26. The zero-order valence-corrected chi connectivity index (χ0v) is 11.7. The number of nitrogen functional groups attached to an aromatic ring is 1. The van der Waals surface area contributed by atoms with Crippen LogP contribution in [0.5, 0.6) is 0 Å². The molecule has 3 nitrogen and oxygen atoms in total. The van der Waals surface area contributed by atoms with Crippen molar-refractivity contribution in [3.63, 3.8) is 0 Å². The van der Waals surface area contributed by atoms with Crippen LogP contribution < -0.4 is 5.73 Å². The van der Waals surface area contributed by atoms with E-state index in [4.69, 9.17) is 11.1 Å². The second-order valence-corrected chi connectivity index (χ2v) is 6.46. The lowest BCUT2D eigenvalue weighted by Crippen LogP contribution is -2.15. The minimum Gasteiger partial charge on any atom is -0.382 e. The molecule has 2 atom stereocenters. The fourth-order valence-electron chi connectivity index (χ4n) is 2.46. The minimum atomic E-state index is 0.0492. The van der Waals surface area contributed by atoms with Crippen LogP contribution in [0.1, 0.15) is 43.9 Å². The Bertz CT molecular complexity index is 419. The van der Waals surface area contributed by atoms with E-state index >= 15 is 0 Å². The number of nitrogens with zero attached hydrogens (tertiary/aromatic N) is 1. The molecule has 0 aliphatic heterocycles. The monoisotopic (exact) mass is 263 g/mol. The fraction of sp³-hybridized carbons (Fsp3) is 0.571. The molecule has 1 aromatic rings. The van der Waals surface area contributed by atoms with Crippen LogP contribution in [0.15, 0.2) is 18.3 Å². The summed E-state index contributed by atoms with van der Waals surface area (Å²) in [7, 11) is 0. The van der Waals surface area contributed by atoms with Gasteiger partial charge in [-0.1, -0.05) is 19.8 Å². The van der Waals surface area contributed by atoms with Crippen molar-refractivity contribution in [3.05, 3.63) is 29.6 Å². The molecule has 1 aliphatic rings. The average molecular weight is 263 g/mol. The Balaban J connectivity index is 1.89. The quantitative estimate of drug-likeness (QED) is 0.648. The van der Waals surface area contributed by atoms with E-state index < -0.39 is 0 Å². The zero-order chi connectivity index (χ0) is 13.0. The van der Waals surface area contributed by atoms with Gasteiger partial charge < -0.3 is 5.73 Å². The number of rotatable bonds is 4. The third-order valence-corrected chi connectivity index (χ3v) is 4.87. The number of hydrogen-bond acceptors (Lipinski definition) is 3. The molecule has 2 rings (SSSR count). The molecule has 0 saturated heterocycles. The molecule has 18 heavy (non-hydrogen) atoms. The maximum absolute atomic E-state index is 7.39. The maximum atomic E-state index is 7.39. The number of aromatic nitrogens is 1. The topological polar surface area (TPSA) is 62.8 Å². The molecule has 0 radical (unpaired) electrons. The lowest BCUT2D eigenvalue weighted by molar-refractivity contribution is 0.394. The van der Waals surface area contributed by atoms with Gasteiger partial charge in [-0.25, -0.2) is 0 Å². The molecule has 1 aliphatic carbocycles. The molecule has 0 spiro atoms. The van der Waals surface area contributed by atoms with Crippen LogP contribution in [0.25, 0.3) is 0 Å². The van der Waals surface area contributed by atoms with Crippen LogP contribution >= 0.6 is 11.8 Å². The highest BCUT2D eigenvalue weighted by molar-refractivity contribution is 7.99. The van der Waals surface area contributed by atoms with E-state index in [0.29, 0.717) is 5.69 Å². The van der Waals surface area contributed by atoms with Crippen LogP contribution in [0, 0.1) is 11.3 Å². The van der Waals surface area contributed by atoms with Gasteiger partial charge in [0.15, 0.2) is 0 Å². The smallest absolute Gasteiger partial charge is 0.141 e. The molecule has 1 fully saturated rings. The summed E-state index contributed by atoms with van der Waals surface area (Å²) in [4.78, 5) is 4.09. The van der Waals surface area contributed by atoms with Crippen molar-refractivity contribution < 1.29 is 0 Å². The standard InChI is InChI=1S/C14H21N3S/c1-10-3-2-4-12(7-10)18-9-11-5-6-17-13(8-11)14(15)16/h5-6,8,10,12H,2-4,7,9H2,1H3,(H3,15,16). The first-order valence-corrected chi connectivity index (χ1v) is 7.61. The summed E-state index contributed by atoms with van der Waals surface area (Å²) in [5, 5.41) is 8.19. The largest absolute Gasteiger partial charge is 0.382 e. The molecule has 3 N–H and O–H groups in total. The summed E-state index contributed by atoms with van der Waals surface area (Å²) in [5.74, 6) is 1.93. The molecule has 1 heterocycles. The Labute approximate surface area is 113 Å². The third kappa shape index (κ3) is 3.73. The van der Waals surface area contributed by atoms with Gasteiger partial charge in [0.05, 0.1) is 0 Å². The number of thioether (sulfide) groups is 1. The molecule has 0 aromatic carbocycles. The van der Waals surface area contributed by atoms with Crippen LogP contribution in [0.3, 0.4) is 0 Å². The van der Waals surface area contributed by atoms with E-state index in [1.165, 1.54) is 31.2 Å². The Morgan fingerprint density at radius 1 is 1.56 bits per heavy atom. The first-order chi connectivity index (χ1) is 8.65. The average Bonchev–Trinajstić information content (AvgIpc) is 2.37. The third-order valence-electron chi connectivity index (χ3n) is 3.47.